The average molecular weight is 261 g/mol. The normalized spacial score (nSPS) is 10.5. The minimum atomic E-state index is -0.348. The molecule has 5 nitrogen and oxygen atoms in total. The van der Waals surface area contributed by atoms with Gasteiger partial charge in [0.15, 0.2) is 0 Å². The molecule has 0 fully saturated rings. The van der Waals surface area contributed by atoms with Gasteiger partial charge in [-0.05, 0) is 32.9 Å². The molecule has 0 aromatic carbocycles. The standard InChI is InChI=1S/C14H19N3O2/c1-14(2,3)19-10-13(18)17-12-9-11(5-4-7-15)6-8-16-12/h6,8-9H,7,10,15H2,1-3H3,(H,16,17,18). The van der Waals surface area contributed by atoms with Crippen LogP contribution in [0.4, 0.5) is 5.82 Å². The van der Waals surface area contributed by atoms with Gasteiger partial charge in [0.05, 0.1) is 12.1 Å². The Morgan fingerprint density at radius 2 is 2.26 bits per heavy atom. The van der Waals surface area contributed by atoms with Gasteiger partial charge in [0.25, 0.3) is 5.91 Å². The van der Waals surface area contributed by atoms with Gasteiger partial charge < -0.3 is 15.8 Å². The SMILES string of the molecule is CC(C)(C)OCC(=O)Nc1cc(C#CCN)ccn1. The van der Waals surface area contributed by atoms with E-state index in [2.05, 4.69) is 22.1 Å². The summed E-state index contributed by atoms with van der Waals surface area (Å²) in [7, 11) is 0. The van der Waals surface area contributed by atoms with Crippen molar-refractivity contribution in [2.45, 2.75) is 26.4 Å². The van der Waals surface area contributed by atoms with Crippen LogP contribution in [0.15, 0.2) is 18.3 Å². The molecule has 1 amide bonds. The number of nitrogens with one attached hydrogen (secondary N) is 1. The summed E-state index contributed by atoms with van der Waals surface area (Å²) in [6.07, 6.45) is 1.58. The number of rotatable bonds is 3. The molecule has 0 aliphatic carbocycles. The van der Waals surface area contributed by atoms with E-state index in [0.717, 1.165) is 5.56 Å². The van der Waals surface area contributed by atoms with Crippen molar-refractivity contribution in [2.75, 3.05) is 18.5 Å². The third kappa shape index (κ3) is 6.55. The fourth-order valence-corrected chi connectivity index (χ4v) is 1.19. The van der Waals surface area contributed by atoms with E-state index in [1.54, 1.807) is 18.3 Å². The number of carbonyl (C=O) groups is 1. The Balaban J connectivity index is 2.59. The second-order valence-electron chi connectivity index (χ2n) is 4.88. The molecular weight excluding hydrogens is 242 g/mol. The second-order valence-corrected chi connectivity index (χ2v) is 4.88. The summed E-state index contributed by atoms with van der Waals surface area (Å²) >= 11 is 0. The minimum Gasteiger partial charge on any atom is -0.366 e. The number of pyridine rings is 1. The van der Waals surface area contributed by atoms with Gasteiger partial charge in [-0.25, -0.2) is 4.98 Å². The lowest BCUT2D eigenvalue weighted by atomic mass is 10.2. The van der Waals surface area contributed by atoms with Gasteiger partial charge >= 0.3 is 0 Å². The van der Waals surface area contributed by atoms with Crippen LogP contribution < -0.4 is 11.1 Å². The van der Waals surface area contributed by atoms with E-state index in [-0.39, 0.29) is 18.1 Å². The van der Waals surface area contributed by atoms with Crippen LogP contribution >= 0.6 is 0 Å². The molecule has 102 valence electrons. The number of nitrogens with two attached hydrogens (primary N) is 1. The molecule has 0 aliphatic heterocycles. The zero-order valence-electron chi connectivity index (χ0n) is 11.5. The third-order valence-electron chi connectivity index (χ3n) is 2.00. The summed E-state index contributed by atoms with van der Waals surface area (Å²) in [6.45, 7) is 5.96. The Hall–Kier alpha value is -1.90. The van der Waals surface area contributed by atoms with Crippen molar-refractivity contribution in [3.63, 3.8) is 0 Å². The van der Waals surface area contributed by atoms with E-state index in [1.807, 2.05) is 20.8 Å². The van der Waals surface area contributed by atoms with Crippen LogP contribution in [0.5, 0.6) is 0 Å². The van der Waals surface area contributed by atoms with Crippen LogP contribution in [0.2, 0.25) is 0 Å². The lowest BCUT2D eigenvalue weighted by Crippen LogP contribution is -2.27. The molecule has 0 spiro atoms. The van der Waals surface area contributed by atoms with Crippen molar-refractivity contribution in [3.8, 4) is 11.8 Å². The van der Waals surface area contributed by atoms with E-state index in [1.165, 1.54) is 0 Å². The minimum absolute atomic E-state index is 0.0100. The number of nitrogens with zero attached hydrogens (tertiary/aromatic N) is 1. The summed E-state index contributed by atoms with van der Waals surface area (Å²) in [5.74, 6) is 5.83. The smallest absolute Gasteiger partial charge is 0.251 e. The van der Waals surface area contributed by atoms with Crippen molar-refractivity contribution < 1.29 is 9.53 Å². The summed E-state index contributed by atoms with van der Waals surface area (Å²) in [6, 6.07) is 3.45. The molecule has 0 bridgehead atoms. The maximum absolute atomic E-state index is 11.7. The van der Waals surface area contributed by atoms with Crippen molar-refractivity contribution >= 4 is 11.7 Å². The molecular formula is C14H19N3O2. The van der Waals surface area contributed by atoms with E-state index < -0.39 is 0 Å². The molecule has 0 saturated heterocycles. The Morgan fingerprint density at radius 3 is 2.89 bits per heavy atom. The second kappa shape index (κ2) is 6.88. The highest BCUT2D eigenvalue weighted by Crippen LogP contribution is 2.08. The van der Waals surface area contributed by atoms with Gasteiger partial charge in [0.1, 0.15) is 12.4 Å². The molecule has 3 N–H and O–H groups in total. The zero-order valence-corrected chi connectivity index (χ0v) is 11.5. The molecule has 1 rings (SSSR count). The monoisotopic (exact) mass is 261 g/mol. The van der Waals surface area contributed by atoms with Gasteiger partial charge in [-0.3, -0.25) is 4.79 Å². The van der Waals surface area contributed by atoms with Gasteiger partial charge in [0, 0.05) is 11.8 Å². The fourth-order valence-electron chi connectivity index (χ4n) is 1.19. The van der Waals surface area contributed by atoms with Gasteiger partial charge in [-0.15, -0.1) is 0 Å². The highest BCUT2D eigenvalue weighted by atomic mass is 16.5. The number of aromatic nitrogens is 1. The fraction of sp³-hybridized carbons (Fsp3) is 0.429. The van der Waals surface area contributed by atoms with Gasteiger partial charge in [-0.1, -0.05) is 11.8 Å². The summed E-state index contributed by atoms with van der Waals surface area (Å²) in [5, 5.41) is 2.66. The third-order valence-corrected chi connectivity index (χ3v) is 2.00. The molecule has 0 unspecified atom stereocenters. The summed E-state index contributed by atoms with van der Waals surface area (Å²) < 4.78 is 5.37. The van der Waals surface area contributed by atoms with E-state index in [0.29, 0.717) is 12.4 Å². The number of carbonyl (C=O) groups excluding carboxylic acids is 1. The van der Waals surface area contributed by atoms with Crippen LogP contribution in [0, 0.1) is 11.8 Å². The lowest BCUT2D eigenvalue weighted by molar-refractivity contribution is -0.125. The molecule has 5 heteroatoms. The number of amides is 1. The Bertz CT molecular complexity index is 495. The maximum Gasteiger partial charge on any atom is 0.251 e. The van der Waals surface area contributed by atoms with Crippen molar-refractivity contribution in [3.05, 3.63) is 23.9 Å². The first-order chi connectivity index (χ1) is 8.90. The summed E-state index contributed by atoms with van der Waals surface area (Å²) in [5.41, 5.74) is 5.71. The van der Waals surface area contributed by atoms with Crippen LogP contribution in [0.1, 0.15) is 26.3 Å². The molecule has 1 aromatic heterocycles. The molecule has 0 saturated carbocycles. The van der Waals surface area contributed by atoms with Crippen molar-refractivity contribution in [2.24, 2.45) is 5.73 Å². The maximum atomic E-state index is 11.7. The average Bonchev–Trinajstić information content (AvgIpc) is 2.33. The number of hydrogen-bond donors (Lipinski definition) is 2. The number of ether oxygens (including phenoxy) is 1. The van der Waals surface area contributed by atoms with Crippen LogP contribution in [0.3, 0.4) is 0 Å². The summed E-state index contributed by atoms with van der Waals surface area (Å²) in [4.78, 5) is 15.7. The topological polar surface area (TPSA) is 77.2 Å². The predicted molar refractivity (Wildman–Crippen MR) is 74.5 cm³/mol. The van der Waals surface area contributed by atoms with Crippen molar-refractivity contribution in [1.29, 1.82) is 0 Å². The van der Waals surface area contributed by atoms with Gasteiger partial charge in [-0.2, -0.15) is 0 Å². The number of anilines is 1. The molecule has 0 aliphatic rings. The highest BCUT2D eigenvalue weighted by molar-refractivity contribution is 5.90. The van der Waals surface area contributed by atoms with Gasteiger partial charge in [0.2, 0.25) is 0 Å². The predicted octanol–water partition coefficient (Wildman–Crippen LogP) is 1.15. The highest BCUT2D eigenvalue weighted by Gasteiger charge is 2.13. The molecule has 1 heterocycles. The first-order valence-electron chi connectivity index (χ1n) is 5.99. The first-order valence-corrected chi connectivity index (χ1v) is 5.99. The quantitative estimate of drug-likeness (QED) is 0.800. The molecule has 1 aromatic rings. The zero-order chi connectivity index (χ0) is 14.3. The van der Waals surface area contributed by atoms with E-state index in [4.69, 9.17) is 10.5 Å². The molecule has 0 atom stereocenters. The van der Waals surface area contributed by atoms with E-state index in [9.17, 15) is 4.79 Å². The molecule has 19 heavy (non-hydrogen) atoms. The Morgan fingerprint density at radius 1 is 1.53 bits per heavy atom. The number of hydrogen-bond acceptors (Lipinski definition) is 4. The lowest BCUT2D eigenvalue weighted by Gasteiger charge is -2.18. The van der Waals surface area contributed by atoms with Crippen LogP contribution in [-0.2, 0) is 9.53 Å². The first kappa shape index (κ1) is 15.2. The van der Waals surface area contributed by atoms with Crippen LogP contribution in [-0.4, -0.2) is 29.6 Å². The molecule has 0 radical (unpaired) electrons. The van der Waals surface area contributed by atoms with E-state index >= 15 is 0 Å². The Kier molecular flexibility index (Phi) is 5.49. The Labute approximate surface area is 113 Å². The van der Waals surface area contributed by atoms with Crippen LogP contribution in [0.25, 0.3) is 0 Å². The largest absolute Gasteiger partial charge is 0.366 e. The van der Waals surface area contributed by atoms with Crippen molar-refractivity contribution in [1.82, 2.24) is 4.98 Å².